The van der Waals surface area contributed by atoms with E-state index in [2.05, 4.69) is 45.2 Å². The summed E-state index contributed by atoms with van der Waals surface area (Å²) in [6.07, 6.45) is 6.94. The van der Waals surface area contributed by atoms with E-state index in [1.807, 2.05) is 47.1 Å². The third-order valence-electron chi connectivity index (χ3n) is 4.98. The Labute approximate surface area is 163 Å². The van der Waals surface area contributed by atoms with Crippen LogP contribution in [-0.4, -0.2) is 31.5 Å². The average Bonchev–Trinajstić information content (AvgIpc) is 3.35. The normalized spacial score (nSPS) is 20.5. The van der Waals surface area contributed by atoms with Crippen molar-refractivity contribution < 1.29 is 4.79 Å². The molecule has 4 heterocycles. The van der Waals surface area contributed by atoms with Crippen LogP contribution in [-0.2, 0) is 4.79 Å². The molecule has 3 atom stereocenters. The van der Waals surface area contributed by atoms with E-state index in [0.29, 0.717) is 12.3 Å². The van der Waals surface area contributed by atoms with Crippen LogP contribution >= 0.6 is 0 Å². The minimum Gasteiger partial charge on any atom is -0.345 e. The molecular formula is C20H25N7O. The number of hydrogen-bond donors (Lipinski definition) is 3. The number of nitrogens with zero attached hydrogens (tertiary/aromatic N) is 4. The van der Waals surface area contributed by atoms with Crippen molar-refractivity contribution in [3.63, 3.8) is 0 Å². The van der Waals surface area contributed by atoms with E-state index in [4.69, 9.17) is 0 Å². The highest BCUT2D eigenvalue weighted by Crippen LogP contribution is 2.24. The Morgan fingerprint density at radius 3 is 2.93 bits per heavy atom. The third kappa shape index (κ3) is 3.88. The van der Waals surface area contributed by atoms with Crippen LogP contribution in [0.1, 0.15) is 50.2 Å². The molecule has 0 spiro atoms. The smallest absolute Gasteiger partial charge is 0.239 e. The van der Waals surface area contributed by atoms with Crippen LogP contribution in [0.4, 0.5) is 0 Å². The molecule has 8 nitrogen and oxygen atoms in total. The molecule has 1 amide bonds. The fraction of sp³-hybridized carbons (Fsp3) is 0.400. The van der Waals surface area contributed by atoms with Gasteiger partial charge in [0.2, 0.25) is 5.91 Å². The van der Waals surface area contributed by atoms with Crippen molar-refractivity contribution in [3.05, 3.63) is 60.3 Å². The summed E-state index contributed by atoms with van der Waals surface area (Å²) in [6.45, 7) is 4.27. The summed E-state index contributed by atoms with van der Waals surface area (Å²) in [5, 5.41) is 11.8. The number of rotatable bonds is 6. The predicted molar refractivity (Wildman–Crippen MR) is 105 cm³/mol. The van der Waals surface area contributed by atoms with Gasteiger partial charge in [0.15, 0.2) is 11.5 Å². The number of hydrazine groups is 1. The third-order valence-corrected chi connectivity index (χ3v) is 4.98. The maximum atomic E-state index is 13.0. The monoisotopic (exact) mass is 379 g/mol. The number of hydrogen-bond acceptors (Lipinski definition) is 6. The van der Waals surface area contributed by atoms with E-state index in [9.17, 15) is 4.79 Å². The highest BCUT2D eigenvalue weighted by molar-refractivity contribution is 5.82. The Morgan fingerprint density at radius 2 is 2.14 bits per heavy atom. The maximum Gasteiger partial charge on any atom is 0.239 e. The number of nitrogens with one attached hydrogen (secondary N) is 3. The maximum absolute atomic E-state index is 13.0. The molecule has 1 aliphatic rings. The molecule has 0 aromatic carbocycles. The van der Waals surface area contributed by atoms with Gasteiger partial charge in [-0.05, 0) is 42.5 Å². The zero-order chi connectivity index (χ0) is 19.5. The van der Waals surface area contributed by atoms with Crippen LogP contribution in [0.25, 0.3) is 5.65 Å². The molecule has 0 aliphatic carbocycles. The second kappa shape index (κ2) is 8.04. The van der Waals surface area contributed by atoms with Gasteiger partial charge in [0, 0.05) is 24.6 Å². The topological polar surface area (TPSA) is 96.2 Å². The molecule has 3 aromatic rings. The SMILES string of the molecule is CC(C)CC(NC(=O)C1CC(c2cccnc2)NN1)c1nnc2ccccn12. The van der Waals surface area contributed by atoms with Gasteiger partial charge in [0.25, 0.3) is 0 Å². The molecule has 0 bridgehead atoms. The van der Waals surface area contributed by atoms with Crippen LogP contribution in [0, 0.1) is 5.92 Å². The highest BCUT2D eigenvalue weighted by atomic mass is 16.2. The van der Waals surface area contributed by atoms with Crippen molar-refractivity contribution in [1.82, 2.24) is 35.8 Å². The molecule has 8 heteroatoms. The quantitative estimate of drug-likeness (QED) is 0.606. The van der Waals surface area contributed by atoms with Gasteiger partial charge < -0.3 is 5.32 Å². The Kier molecular flexibility index (Phi) is 5.31. The highest BCUT2D eigenvalue weighted by Gasteiger charge is 2.32. The van der Waals surface area contributed by atoms with Gasteiger partial charge in [0.05, 0.1) is 6.04 Å². The molecule has 3 aromatic heterocycles. The first-order valence-corrected chi connectivity index (χ1v) is 9.63. The zero-order valence-corrected chi connectivity index (χ0v) is 16.0. The van der Waals surface area contributed by atoms with Crippen molar-refractivity contribution in [2.75, 3.05) is 0 Å². The van der Waals surface area contributed by atoms with Gasteiger partial charge in [0.1, 0.15) is 6.04 Å². The minimum absolute atomic E-state index is 0.0442. The zero-order valence-electron chi connectivity index (χ0n) is 16.0. The van der Waals surface area contributed by atoms with Gasteiger partial charge in [-0.25, -0.2) is 10.9 Å². The van der Waals surface area contributed by atoms with Gasteiger partial charge in [-0.3, -0.25) is 14.2 Å². The molecular weight excluding hydrogens is 354 g/mol. The second-order valence-corrected chi connectivity index (χ2v) is 7.59. The Balaban J connectivity index is 1.49. The summed E-state index contributed by atoms with van der Waals surface area (Å²) >= 11 is 0. The minimum atomic E-state index is -0.320. The predicted octanol–water partition coefficient (Wildman–Crippen LogP) is 1.94. The van der Waals surface area contributed by atoms with Gasteiger partial charge in [-0.15, -0.1) is 10.2 Å². The lowest BCUT2D eigenvalue weighted by molar-refractivity contribution is -0.123. The van der Waals surface area contributed by atoms with Crippen LogP contribution in [0.15, 0.2) is 48.9 Å². The number of fused-ring (bicyclic) bond motifs is 1. The second-order valence-electron chi connectivity index (χ2n) is 7.59. The summed E-state index contributed by atoms with van der Waals surface area (Å²) in [6, 6.07) is 9.22. The number of carbonyl (C=O) groups is 1. The number of amides is 1. The Bertz CT molecular complexity index is 940. The van der Waals surface area contributed by atoms with E-state index in [-0.39, 0.29) is 24.0 Å². The standard InChI is InChI=1S/C20H25N7O/c1-13(2)10-16(19-26-25-18-7-3-4-9-27(18)19)22-20(28)17-11-15(23-24-17)14-6-5-8-21-12-14/h3-9,12-13,15-17,23-24H,10-11H2,1-2H3,(H,22,28). The Morgan fingerprint density at radius 1 is 1.25 bits per heavy atom. The van der Waals surface area contributed by atoms with Gasteiger partial charge in [-0.2, -0.15) is 0 Å². The van der Waals surface area contributed by atoms with E-state index in [1.54, 1.807) is 6.20 Å². The Hall–Kier alpha value is -2.84. The molecule has 4 rings (SSSR count). The molecule has 146 valence electrons. The fourth-order valence-corrected chi connectivity index (χ4v) is 3.60. The lowest BCUT2D eigenvalue weighted by Crippen LogP contribution is -2.45. The first-order chi connectivity index (χ1) is 13.6. The molecule has 3 N–H and O–H groups in total. The summed E-state index contributed by atoms with van der Waals surface area (Å²) in [5.41, 5.74) is 8.15. The van der Waals surface area contributed by atoms with Crippen molar-refractivity contribution in [2.45, 2.75) is 44.8 Å². The summed E-state index contributed by atoms with van der Waals surface area (Å²) in [4.78, 5) is 17.1. The molecule has 28 heavy (non-hydrogen) atoms. The van der Waals surface area contributed by atoms with Crippen molar-refractivity contribution in [3.8, 4) is 0 Å². The molecule has 0 radical (unpaired) electrons. The van der Waals surface area contributed by atoms with E-state index >= 15 is 0 Å². The summed E-state index contributed by atoms with van der Waals surface area (Å²) in [7, 11) is 0. The number of carbonyl (C=O) groups excluding carboxylic acids is 1. The number of pyridine rings is 2. The van der Waals surface area contributed by atoms with Crippen LogP contribution < -0.4 is 16.2 Å². The molecule has 1 saturated heterocycles. The van der Waals surface area contributed by atoms with Gasteiger partial charge >= 0.3 is 0 Å². The van der Waals surface area contributed by atoms with Gasteiger partial charge in [-0.1, -0.05) is 26.0 Å². The van der Waals surface area contributed by atoms with Crippen molar-refractivity contribution in [1.29, 1.82) is 0 Å². The number of aromatic nitrogens is 4. The lowest BCUT2D eigenvalue weighted by atomic mass is 10.0. The average molecular weight is 379 g/mol. The molecule has 1 fully saturated rings. The van der Waals surface area contributed by atoms with Crippen LogP contribution in [0.3, 0.4) is 0 Å². The van der Waals surface area contributed by atoms with E-state index in [1.165, 1.54) is 0 Å². The molecule has 0 saturated carbocycles. The first-order valence-electron chi connectivity index (χ1n) is 9.63. The first kappa shape index (κ1) is 18.5. The lowest BCUT2D eigenvalue weighted by Gasteiger charge is -2.21. The summed E-state index contributed by atoms with van der Waals surface area (Å²) < 4.78 is 1.94. The largest absolute Gasteiger partial charge is 0.345 e. The molecule has 1 aliphatic heterocycles. The van der Waals surface area contributed by atoms with Crippen LogP contribution in [0.5, 0.6) is 0 Å². The van der Waals surface area contributed by atoms with Crippen molar-refractivity contribution in [2.24, 2.45) is 5.92 Å². The van der Waals surface area contributed by atoms with E-state index in [0.717, 1.165) is 23.5 Å². The van der Waals surface area contributed by atoms with Crippen molar-refractivity contribution >= 4 is 11.6 Å². The fourth-order valence-electron chi connectivity index (χ4n) is 3.60. The molecule has 3 unspecified atom stereocenters. The van der Waals surface area contributed by atoms with Crippen LogP contribution in [0.2, 0.25) is 0 Å². The van der Waals surface area contributed by atoms with E-state index < -0.39 is 0 Å². The summed E-state index contributed by atoms with van der Waals surface area (Å²) in [5.74, 6) is 1.11.